The summed E-state index contributed by atoms with van der Waals surface area (Å²) in [5.41, 5.74) is 1.07. The number of anilines is 1. The lowest BCUT2D eigenvalue weighted by molar-refractivity contribution is -0.117. The molecule has 8 heteroatoms. The number of nitrogens with zero attached hydrogens (tertiary/aromatic N) is 5. The highest BCUT2D eigenvalue weighted by Crippen LogP contribution is 2.23. The van der Waals surface area contributed by atoms with Gasteiger partial charge in [-0.1, -0.05) is 6.92 Å². The smallest absolute Gasteiger partial charge is 0.240 e. The molecule has 124 valence electrons. The normalized spacial score (nSPS) is 18.4. The third kappa shape index (κ3) is 3.94. The van der Waals surface area contributed by atoms with Gasteiger partial charge in [-0.05, 0) is 32.7 Å². The number of nitrogens with one attached hydrogen (secondary N) is 1. The van der Waals surface area contributed by atoms with Crippen LogP contribution >= 0.6 is 11.3 Å². The van der Waals surface area contributed by atoms with Crippen LogP contribution in [0.25, 0.3) is 0 Å². The maximum atomic E-state index is 12.3. The first-order valence-electron chi connectivity index (χ1n) is 7.98. The Morgan fingerprint density at radius 1 is 1.52 bits per heavy atom. The molecule has 1 aliphatic rings. The Labute approximate surface area is 139 Å². The van der Waals surface area contributed by atoms with Crippen LogP contribution in [0.1, 0.15) is 30.3 Å². The lowest BCUT2D eigenvalue weighted by Gasteiger charge is -2.23. The van der Waals surface area contributed by atoms with Crippen molar-refractivity contribution in [2.24, 2.45) is 0 Å². The summed E-state index contributed by atoms with van der Waals surface area (Å²) < 4.78 is 1.83. The van der Waals surface area contributed by atoms with Crippen LogP contribution in [0.2, 0.25) is 0 Å². The van der Waals surface area contributed by atoms with E-state index in [0.29, 0.717) is 17.7 Å². The molecule has 0 aliphatic carbocycles. The fourth-order valence-corrected chi connectivity index (χ4v) is 3.92. The summed E-state index contributed by atoms with van der Waals surface area (Å²) in [7, 11) is 0. The van der Waals surface area contributed by atoms with Crippen LogP contribution in [-0.4, -0.2) is 49.7 Å². The van der Waals surface area contributed by atoms with E-state index in [1.54, 1.807) is 24.0 Å². The van der Waals surface area contributed by atoms with Crippen LogP contribution in [0.5, 0.6) is 0 Å². The fraction of sp³-hybridized carbons (Fsp3) is 0.600. The van der Waals surface area contributed by atoms with Gasteiger partial charge >= 0.3 is 0 Å². The summed E-state index contributed by atoms with van der Waals surface area (Å²) in [5, 5.41) is 7.79. The van der Waals surface area contributed by atoms with Crippen molar-refractivity contribution >= 4 is 22.4 Å². The molecular formula is C15H22N6OS. The highest BCUT2D eigenvalue weighted by Gasteiger charge is 2.27. The van der Waals surface area contributed by atoms with Gasteiger partial charge in [0, 0.05) is 10.9 Å². The average Bonchev–Trinajstić information content (AvgIpc) is 3.23. The molecule has 3 rings (SSSR count). The number of aryl methyl sites for hydroxylation is 2. The number of carbonyl (C=O) groups excluding carboxylic acids is 1. The van der Waals surface area contributed by atoms with Crippen LogP contribution in [0, 0.1) is 6.92 Å². The highest BCUT2D eigenvalue weighted by atomic mass is 32.1. The monoisotopic (exact) mass is 334 g/mol. The van der Waals surface area contributed by atoms with Crippen molar-refractivity contribution in [1.29, 1.82) is 0 Å². The van der Waals surface area contributed by atoms with E-state index in [1.165, 1.54) is 4.88 Å². The van der Waals surface area contributed by atoms with Crippen molar-refractivity contribution in [3.05, 3.63) is 23.2 Å². The van der Waals surface area contributed by atoms with Crippen LogP contribution in [0.3, 0.4) is 0 Å². The lowest BCUT2D eigenvalue weighted by Crippen LogP contribution is -2.39. The van der Waals surface area contributed by atoms with Crippen LogP contribution < -0.4 is 5.32 Å². The summed E-state index contributed by atoms with van der Waals surface area (Å²) >= 11 is 1.55. The van der Waals surface area contributed by atoms with Gasteiger partial charge < -0.3 is 5.32 Å². The standard InChI is InChI=1S/C15H22N6OS/c1-3-13-11(2)23-15(18-13)19-14(22)8-20-6-4-5-12(20)7-21-10-16-9-17-21/h9-10,12H,3-8H2,1-2H3,(H,18,19,22). The van der Waals surface area contributed by atoms with Gasteiger partial charge in [0.2, 0.25) is 5.91 Å². The first-order valence-corrected chi connectivity index (χ1v) is 8.80. The summed E-state index contributed by atoms with van der Waals surface area (Å²) in [6, 6.07) is 0.340. The molecule has 7 nitrogen and oxygen atoms in total. The maximum Gasteiger partial charge on any atom is 0.240 e. The number of thiazole rings is 1. The van der Waals surface area contributed by atoms with Gasteiger partial charge in [0.25, 0.3) is 0 Å². The van der Waals surface area contributed by atoms with Gasteiger partial charge in [-0.2, -0.15) is 5.10 Å². The Morgan fingerprint density at radius 2 is 2.39 bits per heavy atom. The second kappa shape index (κ2) is 7.18. The minimum atomic E-state index is 0.00638. The summed E-state index contributed by atoms with van der Waals surface area (Å²) in [5.74, 6) is 0.00638. The van der Waals surface area contributed by atoms with Crippen molar-refractivity contribution in [3.63, 3.8) is 0 Å². The zero-order valence-corrected chi connectivity index (χ0v) is 14.3. The third-order valence-corrected chi connectivity index (χ3v) is 5.11. The van der Waals surface area contributed by atoms with Gasteiger partial charge in [0.05, 0.1) is 18.8 Å². The molecule has 2 aromatic rings. The molecule has 1 fully saturated rings. The molecule has 1 N–H and O–H groups in total. The van der Waals surface area contributed by atoms with E-state index in [9.17, 15) is 4.79 Å². The Morgan fingerprint density at radius 3 is 3.09 bits per heavy atom. The quantitative estimate of drug-likeness (QED) is 0.870. The van der Waals surface area contributed by atoms with Crippen molar-refractivity contribution in [3.8, 4) is 0 Å². The average molecular weight is 334 g/mol. The van der Waals surface area contributed by atoms with Gasteiger partial charge in [-0.25, -0.2) is 9.97 Å². The summed E-state index contributed by atoms with van der Waals surface area (Å²) in [6.45, 7) is 6.25. The number of carbonyl (C=O) groups is 1. The zero-order valence-electron chi connectivity index (χ0n) is 13.5. The Hall–Kier alpha value is -1.80. The zero-order chi connectivity index (χ0) is 16.2. The van der Waals surface area contributed by atoms with E-state index in [4.69, 9.17) is 0 Å². The lowest BCUT2D eigenvalue weighted by atomic mass is 10.2. The predicted octanol–water partition coefficient (Wildman–Crippen LogP) is 1.71. The Bertz CT molecular complexity index is 653. The highest BCUT2D eigenvalue weighted by molar-refractivity contribution is 7.15. The first kappa shape index (κ1) is 16.1. The van der Waals surface area contributed by atoms with E-state index in [2.05, 4.69) is 32.2 Å². The Kier molecular flexibility index (Phi) is 5.02. The van der Waals surface area contributed by atoms with Crippen molar-refractivity contribution < 1.29 is 4.79 Å². The topological polar surface area (TPSA) is 75.9 Å². The fourth-order valence-electron chi connectivity index (χ4n) is 3.01. The third-order valence-electron chi connectivity index (χ3n) is 4.18. The SMILES string of the molecule is CCc1nc(NC(=O)CN2CCCC2Cn2cncn2)sc1C. The molecule has 1 unspecified atom stereocenters. The minimum absolute atomic E-state index is 0.00638. The number of amides is 1. The molecule has 1 saturated heterocycles. The summed E-state index contributed by atoms with van der Waals surface area (Å²) in [6.07, 6.45) is 6.36. The minimum Gasteiger partial charge on any atom is -0.301 e. The second-order valence-corrected chi connectivity index (χ2v) is 7.01. The molecule has 1 amide bonds. The van der Waals surface area contributed by atoms with Gasteiger partial charge in [0.15, 0.2) is 5.13 Å². The molecule has 2 aromatic heterocycles. The second-order valence-electron chi connectivity index (χ2n) is 5.81. The molecule has 1 atom stereocenters. The first-order chi connectivity index (χ1) is 11.2. The summed E-state index contributed by atoms with van der Waals surface area (Å²) in [4.78, 5) is 24.1. The number of hydrogen-bond donors (Lipinski definition) is 1. The van der Waals surface area contributed by atoms with Crippen LogP contribution in [0.15, 0.2) is 12.7 Å². The molecule has 0 bridgehead atoms. The number of rotatable bonds is 6. The van der Waals surface area contributed by atoms with Crippen molar-refractivity contribution in [2.45, 2.75) is 45.7 Å². The van der Waals surface area contributed by atoms with Gasteiger partial charge in [0.1, 0.15) is 12.7 Å². The van der Waals surface area contributed by atoms with Crippen LogP contribution in [0.4, 0.5) is 5.13 Å². The van der Waals surface area contributed by atoms with E-state index in [1.807, 2.05) is 11.6 Å². The molecular weight excluding hydrogens is 312 g/mol. The number of aromatic nitrogens is 4. The number of hydrogen-bond acceptors (Lipinski definition) is 6. The van der Waals surface area contributed by atoms with Crippen LogP contribution in [-0.2, 0) is 17.8 Å². The molecule has 0 saturated carbocycles. The van der Waals surface area contributed by atoms with E-state index in [-0.39, 0.29) is 5.91 Å². The van der Waals surface area contributed by atoms with Crippen molar-refractivity contribution in [2.75, 3.05) is 18.4 Å². The molecule has 3 heterocycles. The number of likely N-dealkylation sites (tertiary alicyclic amines) is 1. The van der Waals surface area contributed by atoms with E-state index >= 15 is 0 Å². The van der Waals surface area contributed by atoms with Crippen molar-refractivity contribution in [1.82, 2.24) is 24.6 Å². The van der Waals surface area contributed by atoms with E-state index < -0.39 is 0 Å². The van der Waals surface area contributed by atoms with E-state index in [0.717, 1.165) is 38.0 Å². The maximum absolute atomic E-state index is 12.3. The molecule has 0 radical (unpaired) electrons. The molecule has 0 spiro atoms. The molecule has 1 aliphatic heterocycles. The van der Waals surface area contributed by atoms with Gasteiger partial charge in [-0.3, -0.25) is 14.4 Å². The molecule has 0 aromatic carbocycles. The predicted molar refractivity (Wildman–Crippen MR) is 89.5 cm³/mol. The largest absolute Gasteiger partial charge is 0.301 e. The Balaban J connectivity index is 1.55. The van der Waals surface area contributed by atoms with Gasteiger partial charge in [-0.15, -0.1) is 11.3 Å². The molecule has 23 heavy (non-hydrogen) atoms.